The second kappa shape index (κ2) is 8.37. The van der Waals surface area contributed by atoms with Crippen LogP contribution in [-0.4, -0.2) is 42.9 Å². The van der Waals surface area contributed by atoms with E-state index in [4.69, 9.17) is 4.74 Å². The molecule has 3 heterocycles. The van der Waals surface area contributed by atoms with Crippen LogP contribution in [0.5, 0.6) is 0 Å². The van der Waals surface area contributed by atoms with E-state index < -0.39 is 23.7 Å². The number of hydrogen-bond acceptors (Lipinski definition) is 6. The first-order valence-electron chi connectivity index (χ1n) is 9.75. The number of ether oxygens (including phenoxy) is 1. The summed E-state index contributed by atoms with van der Waals surface area (Å²) in [5, 5.41) is 10.5. The Hall–Kier alpha value is -4.22. The Bertz CT molecular complexity index is 1340. The lowest BCUT2D eigenvalue weighted by Gasteiger charge is -2.10. The third-order valence-corrected chi connectivity index (χ3v) is 4.58. The molecule has 170 valence electrons. The standard InChI is InChI=1S/C21H17F3N6O3/c1-3-33-20(32)14-11-25-29(13-7-5-4-6-8-13)18(14)27-19(31)15-10-17-26-12(2)9-16(21(22,23)24)30(17)28-15/h4-11H,3H2,1-2H3,(H,27,31). The minimum absolute atomic E-state index is 0.0121. The van der Waals surface area contributed by atoms with Crippen LogP contribution in [0.25, 0.3) is 11.3 Å². The van der Waals surface area contributed by atoms with Gasteiger partial charge in [-0.2, -0.15) is 23.4 Å². The van der Waals surface area contributed by atoms with Crippen molar-refractivity contribution < 1.29 is 27.5 Å². The second-order valence-electron chi connectivity index (χ2n) is 6.91. The second-order valence-corrected chi connectivity index (χ2v) is 6.91. The number of carbonyl (C=O) groups is 2. The van der Waals surface area contributed by atoms with Crippen molar-refractivity contribution in [3.05, 3.63) is 71.3 Å². The van der Waals surface area contributed by atoms with Gasteiger partial charge in [0.25, 0.3) is 5.91 Å². The molecule has 0 radical (unpaired) electrons. The van der Waals surface area contributed by atoms with E-state index in [9.17, 15) is 22.8 Å². The summed E-state index contributed by atoms with van der Waals surface area (Å²) in [6, 6.07) is 10.6. The van der Waals surface area contributed by atoms with E-state index >= 15 is 0 Å². The van der Waals surface area contributed by atoms with Crippen LogP contribution in [0.2, 0.25) is 0 Å². The number of aromatic nitrogens is 5. The summed E-state index contributed by atoms with van der Waals surface area (Å²) in [5.41, 5.74) is -0.902. The third kappa shape index (κ3) is 4.27. The van der Waals surface area contributed by atoms with E-state index in [1.807, 2.05) is 0 Å². The molecule has 0 saturated carbocycles. The van der Waals surface area contributed by atoms with Crippen LogP contribution in [0.3, 0.4) is 0 Å². The van der Waals surface area contributed by atoms with Crippen molar-refractivity contribution in [2.45, 2.75) is 20.0 Å². The van der Waals surface area contributed by atoms with Gasteiger partial charge in [0.2, 0.25) is 0 Å². The zero-order valence-electron chi connectivity index (χ0n) is 17.4. The highest BCUT2D eigenvalue weighted by Gasteiger charge is 2.35. The van der Waals surface area contributed by atoms with Gasteiger partial charge in [0.1, 0.15) is 11.3 Å². The van der Waals surface area contributed by atoms with E-state index in [2.05, 4.69) is 20.5 Å². The van der Waals surface area contributed by atoms with Gasteiger partial charge in [-0.25, -0.2) is 19.0 Å². The molecule has 0 aliphatic rings. The van der Waals surface area contributed by atoms with Crippen molar-refractivity contribution in [3.63, 3.8) is 0 Å². The van der Waals surface area contributed by atoms with Gasteiger partial charge in [0.05, 0.1) is 18.5 Å². The number of nitrogens with zero attached hydrogens (tertiary/aromatic N) is 5. The molecule has 0 spiro atoms. The minimum atomic E-state index is -4.70. The summed E-state index contributed by atoms with van der Waals surface area (Å²) in [4.78, 5) is 29.3. The van der Waals surface area contributed by atoms with Crippen molar-refractivity contribution >= 4 is 23.3 Å². The molecule has 1 N–H and O–H groups in total. The molecule has 0 atom stereocenters. The van der Waals surface area contributed by atoms with Crippen molar-refractivity contribution in [3.8, 4) is 5.69 Å². The zero-order chi connectivity index (χ0) is 23.8. The van der Waals surface area contributed by atoms with Gasteiger partial charge in [0, 0.05) is 11.8 Å². The molecule has 9 nitrogen and oxygen atoms in total. The Morgan fingerprint density at radius 2 is 1.88 bits per heavy atom. The van der Waals surface area contributed by atoms with Gasteiger partial charge >= 0.3 is 12.1 Å². The largest absolute Gasteiger partial charge is 0.462 e. The van der Waals surface area contributed by atoms with Crippen LogP contribution >= 0.6 is 0 Å². The molecule has 1 aromatic carbocycles. The Morgan fingerprint density at radius 1 is 1.15 bits per heavy atom. The lowest BCUT2D eigenvalue weighted by Crippen LogP contribution is -2.19. The van der Waals surface area contributed by atoms with Crippen molar-refractivity contribution in [1.29, 1.82) is 0 Å². The number of alkyl halides is 3. The first-order valence-corrected chi connectivity index (χ1v) is 9.75. The maximum atomic E-state index is 13.4. The lowest BCUT2D eigenvalue weighted by molar-refractivity contribution is -0.142. The van der Waals surface area contributed by atoms with Gasteiger partial charge in [-0.05, 0) is 32.0 Å². The quantitative estimate of drug-likeness (QED) is 0.458. The number of aryl methyl sites for hydroxylation is 1. The molecule has 12 heteroatoms. The van der Waals surface area contributed by atoms with Crippen molar-refractivity contribution in [2.75, 3.05) is 11.9 Å². The molecule has 0 fully saturated rings. The van der Waals surface area contributed by atoms with E-state index in [0.717, 1.165) is 12.1 Å². The molecule has 1 amide bonds. The van der Waals surface area contributed by atoms with Crippen LogP contribution in [0.4, 0.5) is 19.0 Å². The average Bonchev–Trinajstić information content (AvgIpc) is 3.37. The number of para-hydroxylation sites is 1. The Kier molecular flexibility index (Phi) is 5.58. The predicted octanol–water partition coefficient (Wildman–Crippen LogP) is 3.67. The van der Waals surface area contributed by atoms with Gasteiger partial charge < -0.3 is 10.1 Å². The SMILES string of the molecule is CCOC(=O)c1cnn(-c2ccccc2)c1NC(=O)c1cc2nc(C)cc(C(F)(F)F)n2n1. The molecule has 0 unspecified atom stereocenters. The van der Waals surface area contributed by atoms with E-state index in [1.165, 1.54) is 17.8 Å². The summed E-state index contributed by atoms with van der Waals surface area (Å²) < 4.78 is 47.1. The first-order chi connectivity index (χ1) is 15.7. The smallest absolute Gasteiger partial charge is 0.433 e. The number of fused-ring (bicyclic) bond motifs is 1. The monoisotopic (exact) mass is 458 g/mol. The van der Waals surface area contributed by atoms with Crippen LogP contribution in [-0.2, 0) is 10.9 Å². The summed E-state index contributed by atoms with van der Waals surface area (Å²) in [6.07, 6.45) is -3.47. The van der Waals surface area contributed by atoms with Gasteiger partial charge in [0.15, 0.2) is 17.2 Å². The predicted molar refractivity (Wildman–Crippen MR) is 110 cm³/mol. The van der Waals surface area contributed by atoms with Crippen LogP contribution < -0.4 is 5.32 Å². The molecule has 3 aromatic heterocycles. The molecule has 0 saturated heterocycles. The minimum Gasteiger partial charge on any atom is -0.462 e. The molecule has 0 aliphatic heterocycles. The summed E-state index contributed by atoms with van der Waals surface area (Å²) in [7, 11) is 0. The Morgan fingerprint density at radius 3 is 2.55 bits per heavy atom. The number of esters is 1. The average molecular weight is 458 g/mol. The number of rotatable bonds is 5. The Balaban J connectivity index is 1.76. The molecule has 0 bridgehead atoms. The fraction of sp³-hybridized carbons (Fsp3) is 0.190. The third-order valence-electron chi connectivity index (χ3n) is 4.58. The van der Waals surface area contributed by atoms with Crippen molar-refractivity contribution in [2.24, 2.45) is 0 Å². The van der Waals surface area contributed by atoms with Gasteiger partial charge in [-0.1, -0.05) is 18.2 Å². The van der Waals surface area contributed by atoms with Gasteiger partial charge in [-0.15, -0.1) is 0 Å². The van der Waals surface area contributed by atoms with E-state index in [-0.39, 0.29) is 35.0 Å². The van der Waals surface area contributed by atoms with Crippen molar-refractivity contribution in [1.82, 2.24) is 24.4 Å². The normalized spacial score (nSPS) is 11.5. The highest BCUT2D eigenvalue weighted by Crippen LogP contribution is 2.30. The van der Waals surface area contributed by atoms with Crippen LogP contribution in [0.1, 0.15) is 39.2 Å². The molecule has 33 heavy (non-hydrogen) atoms. The number of carbonyl (C=O) groups excluding carboxylic acids is 2. The van der Waals surface area contributed by atoms with E-state index in [1.54, 1.807) is 37.3 Å². The lowest BCUT2D eigenvalue weighted by atomic mass is 10.3. The van der Waals surface area contributed by atoms with Crippen LogP contribution in [0, 0.1) is 6.92 Å². The fourth-order valence-corrected chi connectivity index (χ4v) is 3.18. The Labute approximate surface area is 184 Å². The number of amides is 1. The summed E-state index contributed by atoms with van der Waals surface area (Å²) >= 11 is 0. The maximum Gasteiger partial charge on any atom is 0.433 e. The number of benzene rings is 1. The first kappa shape index (κ1) is 22.0. The maximum absolute atomic E-state index is 13.4. The van der Waals surface area contributed by atoms with Gasteiger partial charge in [-0.3, -0.25) is 4.79 Å². The zero-order valence-corrected chi connectivity index (χ0v) is 17.4. The molecule has 4 aromatic rings. The molecule has 4 rings (SSSR count). The number of halogens is 3. The summed E-state index contributed by atoms with van der Waals surface area (Å²) in [5.74, 6) is -1.59. The number of nitrogens with one attached hydrogen (secondary N) is 1. The fourth-order valence-electron chi connectivity index (χ4n) is 3.18. The van der Waals surface area contributed by atoms with E-state index in [0.29, 0.717) is 10.2 Å². The number of hydrogen-bond donors (Lipinski definition) is 1. The highest BCUT2D eigenvalue weighted by atomic mass is 19.4. The van der Waals surface area contributed by atoms with Crippen LogP contribution in [0.15, 0.2) is 48.7 Å². The highest BCUT2D eigenvalue weighted by molar-refractivity contribution is 6.07. The summed E-state index contributed by atoms with van der Waals surface area (Å²) in [6.45, 7) is 3.13. The molecule has 0 aliphatic carbocycles. The number of anilines is 1. The topological polar surface area (TPSA) is 103 Å². The molecular formula is C21H17F3N6O3. The molecular weight excluding hydrogens is 441 g/mol.